The molecule has 0 aliphatic carbocycles. The number of hydrogen-bond acceptors (Lipinski definition) is 4. The Hall–Kier alpha value is -0.320. The van der Waals surface area contributed by atoms with Gasteiger partial charge in [0, 0.05) is 16.0 Å². The van der Waals surface area contributed by atoms with Gasteiger partial charge in [-0.3, -0.25) is 0 Å². The molecule has 0 bridgehead atoms. The molecule has 0 saturated heterocycles. The molecule has 2 heterocycles. The molecule has 0 fully saturated rings. The van der Waals surface area contributed by atoms with Gasteiger partial charge in [-0.15, -0.1) is 22.7 Å². The highest BCUT2D eigenvalue weighted by molar-refractivity contribution is 7.79. The van der Waals surface area contributed by atoms with Crippen LogP contribution in [0.2, 0.25) is 0 Å². The van der Waals surface area contributed by atoms with Crippen molar-refractivity contribution in [2.45, 2.75) is 31.9 Å². The molecule has 0 amide bonds. The minimum atomic E-state index is 0.101. The van der Waals surface area contributed by atoms with Crippen molar-refractivity contribution in [3.05, 3.63) is 28.1 Å². The van der Waals surface area contributed by atoms with E-state index in [1.54, 1.807) is 22.7 Å². The molecule has 0 N–H and O–H groups in total. The van der Waals surface area contributed by atoms with Gasteiger partial charge in [0.1, 0.15) is 5.01 Å². The molecule has 0 aromatic carbocycles. The third-order valence-corrected chi connectivity index (χ3v) is 4.91. The number of aromatic nitrogens is 1. The molecule has 0 atom stereocenters. The van der Waals surface area contributed by atoms with Crippen LogP contribution in [0.5, 0.6) is 0 Å². The van der Waals surface area contributed by atoms with Crippen molar-refractivity contribution in [1.29, 1.82) is 0 Å². The lowest BCUT2D eigenvalue weighted by Gasteiger charge is -2.16. The highest BCUT2D eigenvalue weighted by atomic mass is 32.1. The molecule has 2 aromatic heterocycles. The first-order valence-electron chi connectivity index (χ1n) is 5.17. The summed E-state index contributed by atoms with van der Waals surface area (Å²) in [4.78, 5) is 7.32. The fourth-order valence-corrected chi connectivity index (χ4v) is 3.82. The van der Waals surface area contributed by atoms with E-state index in [1.807, 2.05) is 0 Å². The number of nitrogens with zero attached hydrogens (tertiary/aromatic N) is 1. The summed E-state index contributed by atoms with van der Waals surface area (Å²) in [5, 5.41) is 3.22. The zero-order valence-corrected chi connectivity index (χ0v) is 12.2. The molecule has 2 aromatic rings. The van der Waals surface area contributed by atoms with Gasteiger partial charge in [-0.2, -0.15) is 12.6 Å². The van der Waals surface area contributed by atoms with Gasteiger partial charge < -0.3 is 0 Å². The predicted octanol–water partition coefficient (Wildman–Crippen LogP) is 4.60. The number of thiophene rings is 1. The molecule has 0 aliphatic rings. The van der Waals surface area contributed by atoms with Crippen molar-refractivity contribution in [1.82, 2.24) is 4.98 Å². The highest BCUT2D eigenvalue weighted by Crippen LogP contribution is 2.36. The van der Waals surface area contributed by atoms with E-state index in [0.29, 0.717) is 0 Å². The SMILES string of the molecule is CC(C)(C)c1nc(-c2cccs2)sc1CS. The van der Waals surface area contributed by atoms with E-state index in [0.717, 1.165) is 10.8 Å². The molecule has 0 unspecified atom stereocenters. The summed E-state index contributed by atoms with van der Waals surface area (Å²) in [6.45, 7) is 6.60. The monoisotopic (exact) mass is 269 g/mol. The summed E-state index contributed by atoms with van der Waals surface area (Å²) in [5.41, 5.74) is 1.29. The number of thiazole rings is 1. The maximum absolute atomic E-state index is 4.77. The molecule has 86 valence electrons. The van der Waals surface area contributed by atoms with Gasteiger partial charge in [-0.25, -0.2) is 4.98 Å². The lowest BCUT2D eigenvalue weighted by molar-refractivity contribution is 0.569. The van der Waals surface area contributed by atoms with Gasteiger partial charge in [0.2, 0.25) is 0 Å². The van der Waals surface area contributed by atoms with Gasteiger partial charge in [0.05, 0.1) is 10.6 Å². The van der Waals surface area contributed by atoms with E-state index in [9.17, 15) is 0 Å². The molecule has 0 saturated carbocycles. The maximum Gasteiger partial charge on any atom is 0.133 e. The van der Waals surface area contributed by atoms with Gasteiger partial charge in [-0.1, -0.05) is 26.8 Å². The van der Waals surface area contributed by atoms with Crippen LogP contribution in [0.1, 0.15) is 31.3 Å². The van der Waals surface area contributed by atoms with Crippen molar-refractivity contribution in [3.63, 3.8) is 0 Å². The van der Waals surface area contributed by atoms with Crippen molar-refractivity contribution in [3.8, 4) is 9.88 Å². The second-order valence-electron chi connectivity index (χ2n) is 4.68. The summed E-state index contributed by atoms with van der Waals surface area (Å²) in [6, 6.07) is 4.19. The molecular formula is C12H15NS3. The Morgan fingerprint density at radius 1 is 1.38 bits per heavy atom. The van der Waals surface area contributed by atoms with Crippen LogP contribution >= 0.6 is 35.3 Å². The number of rotatable bonds is 2. The van der Waals surface area contributed by atoms with Crippen LogP contribution in [0.4, 0.5) is 0 Å². The Kier molecular flexibility index (Phi) is 3.42. The van der Waals surface area contributed by atoms with Gasteiger partial charge in [-0.05, 0) is 11.4 Å². The largest absolute Gasteiger partial charge is 0.239 e. The van der Waals surface area contributed by atoms with E-state index < -0.39 is 0 Å². The van der Waals surface area contributed by atoms with Crippen molar-refractivity contribution in [2.24, 2.45) is 0 Å². The molecule has 0 aliphatic heterocycles. The van der Waals surface area contributed by atoms with Crippen LogP contribution in [0.25, 0.3) is 9.88 Å². The highest BCUT2D eigenvalue weighted by Gasteiger charge is 2.23. The topological polar surface area (TPSA) is 12.9 Å². The normalized spacial score (nSPS) is 12.0. The Morgan fingerprint density at radius 2 is 2.12 bits per heavy atom. The molecule has 0 radical (unpaired) electrons. The van der Waals surface area contributed by atoms with Crippen LogP contribution in [-0.4, -0.2) is 4.98 Å². The number of thiol groups is 1. The summed E-state index contributed by atoms with van der Waals surface area (Å²) < 4.78 is 0. The Morgan fingerprint density at radius 3 is 2.56 bits per heavy atom. The molecule has 16 heavy (non-hydrogen) atoms. The minimum Gasteiger partial charge on any atom is -0.239 e. The summed E-state index contributed by atoms with van der Waals surface area (Å²) in [7, 11) is 0. The Bertz CT molecular complexity index is 463. The van der Waals surface area contributed by atoms with E-state index in [4.69, 9.17) is 4.98 Å². The number of hydrogen-bond donors (Lipinski definition) is 1. The lowest BCUT2D eigenvalue weighted by Crippen LogP contribution is -2.13. The van der Waals surface area contributed by atoms with E-state index in [-0.39, 0.29) is 5.41 Å². The van der Waals surface area contributed by atoms with Crippen LogP contribution < -0.4 is 0 Å². The third-order valence-electron chi connectivity index (χ3n) is 2.28. The average molecular weight is 269 g/mol. The molecule has 0 spiro atoms. The molecular weight excluding hydrogens is 254 g/mol. The molecule has 2 rings (SSSR count). The molecule has 1 nitrogen and oxygen atoms in total. The smallest absolute Gasteiger partial charge is 0.133 e. The van der Waals surface area contributed by atoms with Crippen molar-refractivity contribution < 1.29 is 0 Å². The second kappa shape index (κ2) is 4.51. The van der Waals surface area contributed by atoms with Gasteiger partial charge >= 0.3 is 0 Å². The van der Waals surface area contributed by atoms with E-state index >= 15 is 0 Å². The first kappa shape index (κ1) is 12.1. The van der Waals surface area contributed by atoms with Crippen molar-refractivity contribution >= 4 is 35.3 Å². The maximum atomic E-state index is 4.77. The van der Waals surface area contributed by atoms with Crippen LogP contribution in [0, 0.1) is 0 Å². The zero-order valence-electron chi connectivity index (χ0n) is 9.65. The van der Waals surface area contributed by atoms with Crippen molar-refractivity contribution in [2.75, 3.05) is 0 Å². The lowest BCUT2D eigenvalue weighted by atomic mass is 9.91. The Labute approximate surface area is 110 Å². The first-order valence-corrected chi connectivity index (χ1v) is 7.50. The van der Waals surface area contributed by atoms with Crippen LogP contribution in [-0.2, 0) is 11.2 Å². The summed E-state index contributed by atoms with van der Waals surface area (Å²) in [5.74, 6) is 0.773. The zero-order chi connectivity index (χ0) is 11.8. The summed E-state index contributed by atoms with van der Waals surface area (Å²) in [6.07, 6.45) is 0. The van der Waals surface area contributed by atoms with Crippen LogP contribution in [0.3, 0.4) is 0 Å². The van der Waals surface area contributed by atoms with Gasteiger partial charge in [0.25, 0.3) is 0 Å². The standard InChI is InChI=1S/C12H15NS3/c1-12(2,3)10-9(7-14)16-11(13-10)8-5-4-6-15-8/h4-6,14H,7H2,1-3H3. The summed E-state index contributed by atoms with van der Waals surface area (Å²) >= 11 is 7.91. The predicted molar refractivity (Wildman–Crippen MR) is 76.8 cm³/mol. The van der Waals surface area contributed by atoms with Crippen LogP contribution in [0.15, 0.2) is 17.5 Å². The average Bonchev–Trinajstić information content (AvgIpc) is 2.85. The fourth-order valence-electron chi connectivity index (χ4n) is 1.55. The third kappa shape index (κ3) is 2.34. The van der Waals surface area contributed by atoms with E-state index in [2.05, 4.69) is 50.9 Å². The second-order valence-corrected chi connectivity index (χ2v) is 7.02. The van der Waals surface area contributed by atoms with Gasteiger partial charge in [0.15, 0.2) is 0 Å². The quantitative estimate of drug-likeness (QED) is 0.786. The first-order chi connectivity index (χ1) is 7.52. The fraction of sp³-hybridized carbons (Fsp3) is 0.417. The Balaban J connectivity index is 2.48. The molecule has 4 heteroatoms. The van der Waals surface area contributed by atoms with E-state index in [1.165, 1.54) is 15.4 Å². The minimum absolute atomic E-state index is 0.101.